The molecule has 0 aliphatic rings. The number of thiophene rings is 1. The number of rotatable bonds is 5. The molecule has 116 valence electrons. The molecule has 0 atom stereocenters. The summed E-state index contributed by atoms with van der Waals surface area (Å²) in [5.74, 6) is 0. The molecule has 0 aliphatic heterocycles. The van der Waals surface area contributed by atoms with Crippen LogP contribution in [0.4, 0.5) is 0 Å². The smallest absolute Gasteiger partial charge is 0.0602 e. The topological polar surface area (TPSA) is 41.8 Å². The van der Waals surface area contributed by atoms with Crippen LogP contribution in [0.1, 0.15) is 24.0 Å². The molecule has 0 aliphatic carbocycles. The van der Waals surface area contributed by atoms with Crippen LogP contribution in [-0.4, -0.2) is 11.5 Å². The lowest BCUT2D eigenvalue weighted by molar-refractivity contribution is 0.748. The Labute approximate surface area is 144 Å². The third kappa shape index (κ3) is 2.91. The van der Waals surface area contributed by atoms with Gasteiger partial charge in [-0.2, -0.15) is 0 Å². The highest BCUT2D eigenvalue weighted by molar-refractivity contribution is 7.13. The zero-order valence-electron chi connectivity index (χ0n) is 12.4. The number of aromatic amines is 1. The van der Waals surface area contributed by atoms with Gasteiger partial charge >= 0.3 is 0 Å². The average Bonchev–Trinajstić information content (AvgIpc) is 3.02. The molecule has 0 unspecified atom stereocenters. The lowest BCUT2D eigenvalue weighted by atomic mass is 10.0. The number of H-pyrrole nitrogens is 1. The van der Waals surface area contributed by atoms with Crippen LogP contribution in [0.5, 0.6) is 0 Å². The summed E-state index contributed by atoms with van der Waals surface area (Å²) in [6.45, 7) is 2.85. The number of aromatic nitrogens is 1. The first-order chi connectivity index (χ1) is 10.6. The molecule has 2 heterocycles. The minimum Gasteiger partial charge on any atom is -0.354 e. The average molecular weight is 353 g/mol. The summed E-state index contributed by atoms with van der Waals surface area (Å²) in [4.78, 5) is 4.80. The van der Waals surface area contributed by atoms with Crippen molar-refractivity contribution in [3.05, 3.63) is 44.8 Å². The molecule has 22 heavy (non-hydrogen) atoms. The highest BCUT2D eigenvalue weighted by Gasteiger charge is 2.18. The van der Waals surface area contributed by atoms with Crippen molar-refractivity contribution in [1.29, 1.82) is 0 Å². The maximum Gasteiger partial charge on any atom is 0.0602 e. The number of hydrogen-bond acceptors (Lipinski definition) is 2. The van der Waals surface area contributed by atoms with Crippen molar-refractivity contribution in [3.63, 3.8) is 0 Å². The molecule has 0 saturated carbocycles. The maximum atomic E-state index is 6.47. The Bertz CT molecular complexity index is 804. The molecule has 0 bridgehead atoms. The molecule has 1 aromatic carbocycles. The minimum absolute atomic E-state index is 0.654. The summed E-state index contributed by atoms with van der Waals surface area (Å²) in [5, 5.41) is 4.57. The van der Waals surface area contributed by atoms with Gasteiger partial charge in [0.2, 0.25) is 0 Å². The van der Waals surface area contributed by atoms with Crippen molar-refractivity contribution in [1.82, 2.24) is 4.98 Å². The van der Waals surface area contributed by atoms with E-state index in [4.69, 9.17) is 28.9 Å². The van der Waals surface area contributed by atoms with E-state index in [2.05, 4.69) is 23.4 Å². The Morgan fingerprint density at radius 3 is 2.73 bits per heavy atom. The summed E-state index contributed by atoms with van der Waals surface area (Å²) < 4.78 is 0. The van der Waals surface area contributed by atoms with Gasteiger partial charge in [-0.25, -0.2) is 0 Å². The van der Waals surface area contributed by atoms with Crippen molar-refractivity contribution in [2.75, 3.05) is 6.54 Å². The van der Waals surface area contributed by atoms with E-state index in [-0.39, 0.29) is 0 Å². The van der Waals surface area contributed by atoms with E-state index in [1.54, 1.807) is 11.3 Å². The summed E-state index contributed by atoms with van der Waals surface area (Å²) in [6.07, 6.45) is 3.03. The zero-order chi connectivity index (χ0) is 15.7. The van der Waals surface area contributed by atoms with Crippen molar-refractivity contribution in [3.8, 4) is 10.6 Å². The van der Waals surface area contributed by atoms with Gasteiger partial charge in [0.05, 0.1) is 15.6 Å². The fourth-order valence-corrected chi connectivity index (χ4v) is 4.39. The molecular weight excluding hydrogens is 335 g/mol. The van der Waals surface area contributed by atoms with Gasteiger partial charge < -0.3 is 10.7 Å². The monoisotopic (exact) mass is 352 g/mol. The first-order valence-corrected chi connectivity index (χ1v) is 8.99. The van der Waals surface area contributed by atoms with Crippen LogP contribution in [0.15, 0.2) is 23.6 Å². The first-order valence-electron chi connectivity index (χ1n) is 7.36. The van der Waals surface area contributed by atoms with E-state index in [0.29, 0.717) is 10.0 Å². The molecule has 3 rings (SSSR count). The fourth-order valence-electron chi connectivity index (χ4n) is 2.83. The van der Waals surface area contributed by atoms with Gasteiger partial charge in [0.15, 0.2) is 0 Å². The highest BCUT2D eigenvalue weighted by atomic mass is 35.5. The van der Waals surface area contributed by atoms with Crippen LogP contribution in [0.2, 0.25) is 10.0 Å². The van der Waals surface area contributed by atoms with Gasteiger partial charge in [-0.15, -0.1) is 11.3 Å². The Kier molecular flexibility index (Phi) is 4.79. The Morgan fingerprint density at radius 1 is 1.23 bits per heavy atom. The Balaban J connectivity index is 2.19. The molecule has 0 radical (unpaired) electrons. The molecule has 3 aromatic rings. The standard InChI is InChI=1S/C17H18Cl2N2S/c1-10-5-7-22-17(10)16-12(4-2-3-6-20)15-13(19)8-11(18)9-14(15)21-16/h5,7-9,21H,2-4,6,20H2,1H3. The van der Waals surface area contributed by atoms with Crippen LogP contribution < -0.4 is 5.73 Å². The quantitative estimate of drug-likeness (QED) is 0.560. The van der Waals surface area contributed by atoms with Crippen LogP contribution in [-0.2, 0) is 6.42 Å². The second kappa shape index (κ2) is 6.63. The van der Waals surface area contributed by atoms with Gasteiger partial charge in [-0.1, -0.05) is 23.2 Å². The normalized spacial score (nSPS) is 11.5. The number of halogens is 2. The van der Waals surface area contributed by atoms with Crippen LogP contribution in [0.3, 0.4) is 0 Å². The first kappa shape index (κ1) is 15.9. The SMILES string of the molecule is Cc1ccsc1-c1[nH]c2cc(Cl)cc(Cl)c2c1CCCCN. The van der Waals surface area contributed by atoms with Crippen molar-refractivity contribution in [2.24, 2.45) is 5.73 Å². The number of nitrogens with one attached hydrogen (secondary N) is 1. The van der Waals surface area contributed by atoms with E-state index >= 15 is 0 Å². The predicted molar refractivity (Wildman–Crippen MR) is 98.4 cm³/mol. The number of fused-ring (bicyclic) bond motifs is 1. The number of benzene rings is 1. The maximum absolute atomic E-state index is 6.47. The van der Waals surface area contributed by atoms with Gasteiger partial charge in [-0.3, -0.25) is 0 Å². The predicted octanol–water partition coefficient (Wildman–Crippen LogP) is 5.79. The number of hydrogen-bond donors (Lipinski definition) is 2. The van der Waals surface area contributed by atoms with E-state index in [1.165, 1.54) is 21.7 Å². The van der Waals surface area contributed by atoms with Gasteiger partial charge in [-0.05, 0) is 67.4 Å². The summed E-state index contributed by atoms with van der Waals surface area (Å²) in [6, 6.07) is 5.90. The van der Waals surface area contributed by atoms with Gasteiger partial charge in [0, 0.05) is 15.9 Å². The van der Waals surface area contributed by atoms with Crippen molar-refractivity contribution >= 4 is 45.4 Å². The van der Waals surface area contributed by atoms with E-state index in [0.717, 1.165) is 36.7 Å². The lowest BCUT2D eigenvalue weighted by Gasteiger charge is -2.05. The third-order valence-corrected chi connectivity index (χ3v) is 5.44. The second-order valence-corrected chi connectivity index (χ2v) is 7.23. The molecule has 2 aromatic heterocycles. The molecule has 2 nitrogen and oxygen atoms in total. The minimum atomic E-state index is 0.654. The molecule has 0 fully saturated rings. The second-order valence-electron chi connectivity index (χ2n) is 5.47. The molecule has 3 N–H and O–H groups in total. The molecule has 0 amide bonds. The summed E-state index contributed by atoms with van der Waals surface area (Å²) in [5.41, 5.74) is 10.4. The Morgan fingerprint density at radius 2 is 2.05 bits per heavy atom. The molecule has 0 saturated heterocycles. The lowest BCUT2D eigenvalue weighted by Crippen LogP contribution is -1.99. The molecule has 5 heteroatoms. The van der Waals surface area contributed by atoms with E-state index < -0.39 is 0 Å². The van der Waals surface area contributed by atoms with Crippen LogP contribution >= 0.6 is 34.5 Å². The zero-order valence-corrected chi connectivity index (χ0v) is 14.7. The largest absolute Gasteiger partial charge is 0.354 e. The Hall–Kier alpha value is -1.00. The number of nitrogens with two attached hydrogens (primary N) is 1. The van der Waals surface area contributed by atoms with E-state index in [1.807, 2.05) is 12.1 Å². The molecular formula is C17H18Cl2N2S. The van der Waals surface area contributed by atoms with Crippen LogP contribution in [0.25, 0.3) is 21.5 Å². The number of aryl methyl sites for hydroxylation is 2. The summed E-state index contributed by atoms with van der Waals surface area (Å²) >= 11 is 14.4. The third-order valence-electron chi connectivity index (χ3n) is 3.89. The summed E-state index contributed by atoms with van der Waals surface area (Å²) in [7, 11) is 0. The fraction of sp³-hybridized carbons (Fsp3) is 0.294. The van der Waals surface area contributed by atoms with Gasteiger partial charge in [0.25, 0.3) is 0 Å². The number of unbranched alkanes of at least 4 members (excludes halogenated alkanes) is 1. The molecule has 0 spiro atoms. The van der Waals surface area contributed by atoms with Crippen LogP contribution in [0, 0.1) is 6.92 Å². The van der Waals surface area contributed by atoms with Crippen molar-refractivity contribution in [2.45, 2.75) is 26.2 Å². The highest BCUT2D eigenvalue weighted by Crippen LogP contribution is 2.40. The van der Waals surface area contributed by atoms with Crippen molar-refractivity contribution < 1.29 is 0 Å². The van der Waals surface area contributed by atoms with Gasteiger partial charge in [0.1, 0.15) is 0 Å². The van der Waals surface area contributed by atoms with E-state index in [9.17, 15) is 0 Å².